The molecule has 3 nitrogen and oxygen atoms in total. The molecule has 1 aromatic carbocycles. The van der Waals surface area contributed by atoms with Crippen LogP contribution in [-0.4, -0.2) is 19.1 Å². The zero-order valence-corrected chi connectivity index (χ0v) is 10.7. The molecule has 0 N–H and O–H groups in total. The maximum atomic E-state index is 13.4. The standard InChI is InChI=1S/C14H14FN3/c1-9-11(6-7-16)14(18(2)3)12-8-10(15)4-5-13(12)17-9/h4-5,8H,6H2,1-3H3. The van der Waals surface area contributed by atoms with Crippen LogP contribution in [0.3, 0.4) is 0 Å². The molecule has 0 spiro atoms. The van der Waals surface area contributed by atoms with Crippen LogP contribution in [-0.2, 0) is 6.42 Å². The molecule has 0 amide bonds. The summed E-state index contributed by atoms with van der Waals surface area (Å²) in [6.07, 6.45) is 0.277. The Hall–Kier alpha value is -2.15. The van der Waals surface area contributed by atoms with Gasteiger partial charge in [-0.05, 0) is 25.1 Å². The number of benzene rings is 1. The smallest absolute Gasteiger partial charge is 0.124 e. The van der Waals surface area contributed by atoms with Crippen LogP contribution in [0.5, 0.6) is 0 Å². The van der Waals surface area contributed by atoms with Gasteiger partial charge in [0.15, 0.2) is 0 Å². The maximum absolute atomic E-state index is 13.4. The molecule has 0 saturated heterocycles. The molecule has 0 unspecified atom stereocenters. The van der Waals surface area contributed by atoms with Crippen LogP contribution in [0.2, 0.25) is 0 Å². The van der Waals surface area contributed by atoms with E-state index < -0.39 is 0 Å². The lowest BCUT2D eigenvalue weighted by molar-refractivity contribution is 0.629. The molecule has 0 aliphatic rings. The summed E-state index contributed by atoms with van der Waals surface area (Å²) in [6.45, 7) is 1.88. The third kappa shape index (κ3) is 2.00. The average molecular weight is 243 g/mol. The zero-order valence-electron chi connectivity index (χ0n) is 10.7. The number of anilines is 1. The largest absolute Gasteiger partial charge is 0.377 e. The van der Waals surface area contributed by atoms with Gasteiger partial charge in [-0.1, -0.05) is 0 Å². The van der Waals surface area contributed by atoms with E-state index >= 15 is 0 Å². The van der Waals surface area contributed by atoms with Crippen molar-refractivity contribution in [2.24, 2.45) is 0 Å². The molecule has 0 saturated carbocycles. The van der Waals surface area contributed by atoms with Crippen molar-refractivity contribution in [3.63, 3.8) is 0 Å². The van der Waals surface area contributed by atoms with E-state index in [0.29, 0.717) is 0 Å². The molecule has 0 bridgehead atoms. The van der Waals surface area contributed by atoms with Gasteiger partial charge >= 0.3 is 0 Å². The Morgan fingerprint density at radius 1 is 1.39 bits per heavy atom. The Morgan fingerprint density at radius 3 is 2.72 bits per heavy atom. The van der Waals surface area contributed by atoms with Crippen LogP contribution >= 0.6 is 0 Å². The first-order valence-electron chi connectivity index (χ1n) is 5.67. The molecule has 2 aromatic rings. The zero-order chi connectivity index (χ0) is 13.3. The summed E-state index contributed by atoms with van der Waals surface area (Å²) < 4.78 is 13.4. The summed E-state index contributed by atoms with van der Waals surface area (Å²) in [4.78, 5) is 6.34. The minimum absolute atomic E-state index is 0.277. The molecule has 1 aromatic heterocycles. The normalized spacial score (nSPS) is 10.4. The van der Waals surface area contributed by atoms with E-state index in [1.54, 1.807) is 6.07 Å². The summed E-state index contributed by atoms with van der Waals surface area (Å²) in [5, 5.41) is 9.65. The number of halogens is 1. The second kappa shape index (κ2) is 4.61. The van der Waals surface area contributed by atoms with Crippen LogP contribution in [0.4, 0.5) is 10.1 Å². The lowest BCUT2D eigenvalue weighted by Gasteiger charge is -2.20. The van der Waals surface area contributed by atoms with Crippen molar-refractivity contribution in [3.05, 3.63) is 35.3 Å². The number of rotatable bonds is 2. The van der Waals surface area contributed by atoms with Crippen molar-refractivity contribution in [2.45, 2.75) is 13.3 Å². The molecule has 0 radical (unpaired) electrons. The highest BCUT2D eigenvalue weighted by molar-refractivity contribution is 5.94. The lowest BCUT2D eigenvalue weighted by atomic mass is 10.0. The van der Waals surface area contributed by atoms with Gasteiger partial charge in [-0.15, -0.1) is 0 Å². The van der Waals surface area contributed by atoms with E-state index in [-0.39, 0.29) is 12.2 Å². The average Bonchev–Trinajstić information content (AvgIpc) is 2.30. The molecule has 4 heteroatoms. The van der Waals surface area contributed by atoms with Crippen molar-refractivity contribution in [1.82, 2.24) is 4.98 Å². The van der Waals surface area contributed by atoms with E-state index in [4.69, 9.17) is 5.26 Å². The number of fused-ring (bicyclic) bond motifs is 1. The van der Waals surface area contributed by atoms with E-state index in [2.05, 4.69) is 11.1 Å². The van der Waals surface area contributed by atoms with Crippen LogP contribution in [0.25, 0.3) is 10.9 Å². The topological polar surface area (TPSA) is 39.9 Å². The quantitative estimate of drug-likeness (QED) is 0.814. The van der Waals surface area contributed by atoms with Gasteiger partial charge in [0.1, 0.15) is 5.82 Å². The number of hydrogen-bond donors (Lipinski definition) is 0. The van der Waals surface area contributed by atoms with E-state index in [1.807, 2.05) is 25.9 Å². The first-order chi connectivity index (χ1) is 8.54. The molecule has 18 heavy (non-hydrogen) atoms. The third-order valence-corrected chi connectivity index (χ3v) is 2.93. The predicted octanol–water partition coefficient (Wildman–Crippen LogP) is 2.81. The molecule has 0 atom stereocenters. The highest BCUT2D eigenvalue weighted by Gasteiger charge is 2.14. The monoisotopic (exact) mass is 243 g/mol. The van der Waals surface area contributed by atoms with Crippen LogP contribution in [0.15, 0.2) is 18.2 Å². The SMILES string of the molecule is Cc1nc2ccc(F)cc2c(N(C)C)c1CC#N. The minimum atomic E-state index is -0.292. The van der Waals surface area contributed by atoms with Crippen molar-refractivity contribution < 1.29 is 4.39 Å². The van der Waals surface area contributed by atoms with Gasteiger partial charge < -0.3 is 4.90 Å². The Balaban J connectivity index is 2.87. The van der Waals surface area contributed by atoms with Crippen molar-refractivity contribution in [3.8, 4) is 6.07 Å². The van der Waals surface area contributed by atoms with Gasteiger partial charge in [0.05, 0.1) is 23.7 Å². The fourth-order valence-corrected chi connectivity index (χ4v) is 2.18. The lowest BCUT2D eigenvalue weighted by Crippen LogP contribution is -2.13. The first kappa shape index (κ1) is 12.3. The van der Waals surface area contributed by atoms with E-state index in [9.17, 15) is 4.39 Å². The van der Waals surface area contributed by atoms with Gasteiger partial charge in [0.25, 0.3) is 0 Å². The molecule has 2 rings (SSSR count). The van der Waals surface area contributed by atoms with E-state index in [1.165, 1.54) is 12.1 Å². The molecule has 1 heterocycles. The van der Waals surface area contributed by atoms with E-state index in [0.717, 1.165) is 27.8 Å². The Morgan fingerprint density at radius 2 is 2.11 bits per heavy atom. The Kier molecular flexibility index (Phi) is 3.15. The molecule has 0 aliphatic carbocycles. The van der Waals surface area contributed by atoms with Gasteiger partial charge in [0.2, 0.25) is 0 Å². The number of pyridine rings is 1. The summed E-state index contributed by atoms with van der Waals surface area (Å²) in [7, 11) is 3.78. The highest BCUT2D eigenvalue weighted by atomic mass is 19.1. The van der Waals surface area contributed by atoms with Crippen molar-refractivity contribution >= 4 is 16.6 Å². The summed E-state index contributed by atoms with van der Waals surface area (Å²) >= 11 is 0. The third-order valence-electron chi connectivity index (χ3n) is 2.93. The maximum Gasteiger partial charge on any atom is 0.124 e. The second-order valence-corrected chi connectivity index (χ2v) is 4.42. The van der Waals surface area contributed by atoms with Gasteiger partial charge in [-0.3, -0.25) is 4.98 Å². The first-order valence-corrected chi connectivity index (χ1v) is 5.67. The predicted molar refractivity (Wildman–Crippen MR) is 70.1 cm³/mol. The summed E-state index contributed by atoms with van der Waals surface area (Å²) in [5.41, 5.74) is 3.30. The number of aryl methyl sites for hydroxylation is 1. The minimum Gasteiger partial charge on any atom is -0.377 e. The molecular weight excluding hydrogens is 229 g/mol. The summed E-state index contributed by atoms with van der Waals surface area (Å²) in [5.74, 6) is -0.292. The van der Waals surface area contributed by atoms with Crippen molar-refractivity contribution in [1.29, 1.82) is 5.26 Å². The fourth-order valence-electron chi connectivity index (χ4n) is 2.18. The molecular formula is C14H14FN3. The Bertz CT molecular complexity index is 642. The highest BCUT2D eigenvalue weighted by Crippen LogP contribution is 2.31. The molecule has 92 valence electrons. The van der Waals surface area contributed by atoms with Gasteiger partial charge in [0, 0.05) is 30.7 Å². The van der Waals surface area contributed by atoms with Gasteiger partial charge in [-0.25, -0.2) is 4.39 Å². The number of aromatic nitrogens is 1. The molecule has 0 fully saturated rings. The van der Waals surface area contributed by atoms with Crippen LogP contribution in [0.1, 0.15) is 11.3 Å². The Labute approximate surface area is 105 Å². The molecule has 0 aliphatic heterocycles. The van der Waals surface area contributed by atoms with Crippen LogP contribution < -0.4 is 4.90 Å². The number of nitrogens with zero attached hydrogens (tertiary/aromatic N) is 3. The summed E-state index contributed by atoms with van der Waals surface area (Å²) in [6, 6.07) is 6.68. The number of nitriles is 1. The number of hydrogen-bond acceptors (Lipinski definition) is 3. The van der Waals surface area contributed by atoms with Crippen molar-refractivity contribution in [2.75, 3.05) is 19.0 Å². The van der Waals surface area contributed by atoms with Gasteiger partial charge in [-0.2, -0.15) is 5.26 Å². The second-order valence-electron chi connectivity index (χ2n) is 4.42. The fraction of sp³-hybridized carbons (Fsp3) is 0.286. The van der Waals surface area contributed by atoms with Crippen LogP contribution in [0, 0.1) is 24.1 Å².